The summed E-state index contributed by atoms with van der Waals surface area (Å²) in [4.78, 5) is 26.0. The topological polar surface area (TPSA) is 66.8 Å². The van der Waals surface area contributed by atoms with E-state index in [1.165, 1.54) is 0 Å². The summed E-state index contributed by atoms with van der Waals surface area (Å²) in [6.07, 6.45) is 1.31. The van der Waals surface area contributed by atoms with E-state index in [1.54, 1.807) is 12.1 Å². The fourth-order valence-corrected chi connectivity index (χ4v) is 4.60. The van der Waals surface area contributed by atoms with E-state index in [-0.39, 0.29) is 27.5 Å². The minimum absolute atomic E-state index is 0.0251. The number of carboxylic acid groups (broad SMARTS) is 1. The molecule has 0 unspecified atom stereocenters. The molecular formula is C19H27NO4SSi. The van der Waals surface area contributed by atoms with Crippen LogP contribution in [0.1, 0.15) is 62.0 Å². The van der Waals surface area contributed by atoms with Gasteiger partial charge >= 0.3 is 5.97 Å². The zero-order valence-electron chi connectivity index (χ0n) is 16.1. The van der Waals surface area contributed by atoms with Crippen LogP contribution in [0.2, 0.25) is 5.04 Å². The van der Waals surface area contributed by atoms with E-state index < -0.39 is 15.7 Å². The zero-order chi connectivity index (χ0) is 19.5. The van der Waals surface area contributed by atoms with E-state index in [1.807, 2.05) is 4.90 Å². The van der Waals surface area contributed by atoms with Crippen LogP contribution in [0.5, 0.6) is 0 Å². The van der Waals surface area contributed by atoms with Gasteiger partial charge < -0.3 is 14.4 Å². The molecule has 0 saturated carbocycles. The Morgan fingerprint density at radius 2 is 2.08 bits per heavy atom. The van der Waals surface area contributed by atoms with Crippen molar-refractivity contribution in [3.63, 3.8) is 0 Å². The Morgan fingerprint density at radius 1 is 1.38 bits per heavy atom. The molecule has 7 heteroatoms. The van der Waals surface area contributed by atoms with Crippen molar-refractivity contribution in [2.75, 3.05) is 6.54 Å². The molecule has 1 aliphatic rings. The number of likely N-dealkylation sites (tertiary alicyclic amines) is 1. The molecule has 0 radical (unpaired) electrons. The highest BCUT2D eigenvalue weighted by Crippen LogP contribution is 2.32. The van der Waals surface area contributed by atoms with Gasteiger partial charge in [-0.1, -0.05) is 32.6 Å². The van der Waals surface area contributed by atoms with Gasteiger partial charge in [0.05, 0.1) is 23.1 Å². The van der Waals surface area contributed by atoms with Crippen LogP contribution in [0, 0.1) is 11.8 Å². The van der Waals surface area contributed by atoms with Gasteiger partial charge in [-0.25, -0.2) is 4.79 Å². The van der Waals surface area contributed by atoms with Crippen molar-refractivity contribution >= 4 is 33.0 Å². The Kier molecular flexibility index (Phi) is 6.32. The van der Waals surface area contributed by atoms with Crippen molar-refractivity contribution in [2.24, 2.45) is 0 Å². The average Bonchev–Trinajstić information content (AvgIpc) is 3.13. The standard InChI is InChI=1S/C19H27NO4SSi/c1-18(2,3)26-24-19(4,5)15-10-11-16(21)20(15)12-6-7-13-8-9-14(25-13)17(22)23/h8-9,15H,10-12,26H2,1-5H3,(H,22,23)/t15-/m1/s1. The summed E-state index contributed by atoms with van der Waals surface area (Å²) in [5, 5.41) is 9.16. The van der Waals surface area contributed by atoms with Gasteiger partial charge in [0.1, 0.15) is 4.88 Å². The quantitative estimate of drug-likeness (QED) is 0.617. The van der Waals surface area contributed by atoms with Crippen molar-refractivity contribution in [1.82, 2.24) is 4.90 Å². The van der Waals surface area contributed by atoms with E-state index in [0.29, 0.717) is 17.8 Å². The Bertz CT molecular complexity index is 739. The zero-order valence-corrected chi connectivity index (χ0v) is 18.3. The molecule has 142 valence electrons. The Labute approximate surface area is 161 Å². The van der Waals surface area contributed by atoms with Crippen molar-refractivity contribution in [1.29, 1.82) is 0 Å². The van der Waals surface area contributed by atoms with Gasteiger partial charge in [-0.3, -0.25) is 4.79 Å². The molecule has 1 aliphatic heterocycles. The van der Waals surface area contributed by atoms with Gasteiger partial charge in [-0.2, -0.15) is 0 Å². The number of hydrogen-bond acceptors (Lipinski definition) is 4. The van der Waals surface area contributed by atoms with Gasteiger partial charge in [0.15, 0.2) is 9.76 Å². The fraction of sp³-hybridized carbons (Fsp3) is 0.579. The lowest BCUT2D eigenvalue weighted by Gasteiger charge is -2.39. The first kappa shape index (κ1) is 20.7. The van der Waals surface area contributed by atoms with E-state index in [2.05, 4.69) is 46.5 Å². The SMILES string of the molecule is CC(C)(C)[SiH2]OC(C)(C)[C@H]1CCC(=O)N1CC#Cc1ccc(C(=O)O)s1. The van der Waals surface area contributed by atoms with Crippen LogP contribution >= 0.6 is 11.3 Å². The van der Waals surface area contributed by atoms with Gasteiger partial charge in [0.25, 0.3) is 0 Å². The third-order valence-corrected chi connectivity index (χ3v) is 7.03. The van der Waals surface area contributed by atoms with Crippen LogP contribution in [-0.4, -0.2) is 49.8 Å². The molecule has 2 rings (SSSR count). The first-order valence-corrected chi connectivity index (χ1v) is 10.9. The summed E-state index contributed by atoms with van der Waals surface area (Å²) >= 11 is 1.15. The van der Waals surface area contributed by atoms with Crippen molar-refractivity contribution in [3.05, 3.63) is 21.9 Å². The number of rotatable bonds is 5. The fourth-order valence-electron chi connectivity index (χ4n) is 2.89. The van der Waals surface area contributed by atoms with Crippen LogP contribution in [0.3, 0.4) is 0 Å². The maximum Gasteiger partial charge on any atom is 0.345 e. The highest BCUT2D eigenvalue weighted by atomic mass is 32.1. The van der Waals surface area contributed by atoms with Gasteiger partial charge in [-0.15, -0.1) is 11.3 Å². The van der Waals surface area contributed by atoms with Crippen LogP contribution in [0.15, 0.2) is 12.1 Å². The number of carbonyl (C=O) groups is 2. The molecule has 0 aliphatic carbocycles. The van der Waals surface area contributed by atoms with E-state index in [0.717, 1.165) is 17.8 Å². The number of hydrogen-bond donors (Lipinski definition) is 1. The highest BCUT2D eigenvalue weighted by Gasteiger charge is 2.41. The number of carbonyl (C=O) groups excluding carboxylic acids is 1. The summed E-state index contributed by atoms with van der Waals surface area (Å²) < 4.78 is 6.28. The summed E-state index contributed by atoms with van der Waals surface area (Å²) in [7, 11) is -0.722. The molecule has 1 saturated heterocycles. The lowest BCUT2D eigenvalue weighted by Crippen LogP contribution is -2.50. The molecule has 1 amide bonds. The molecule has 0 aromatic carbocycles. The summed E-state index contributed by atoms with van der Waals surface area (Å²) in [6.45, 7) is 11.0. The Morgan fingerprint density at radius 3 is 2.65 bits per heavy atom. The predicted octanol–water partition coefficient (Wildman–Crippen LogP) is 2.89. The molecule has 1 atom stereocenters. The number of aromatic carboxylic acids is 1. The maximum absolute atomic E-state index is 12.3. The highest BCUT2D eigenvalue weighted by molar-refractivity contribution is 7.14. The summed E-state index contributed by atoms with van der Waals surface area (Å²) in [5.41, 5.74) is -0.382. The number of carboxylic acids is 1. The van der Waals surface area contributed by atoms with Gasteiger partial charge in [-0.05, 0) is 37.4 Å². The van der Waals surface area contributed by atoms with Crippen molar-refractivity contribution < 1.29 is 19.1 Å². The molecule has 1 fully saturated rings. The predicted molar refractivity (Wildman–Crippen MR) is 106 cm³/mol. The number of nitrogens with zero attached hydrogens (tertiary/aromatic N) is 1. The monoisotopic (exact) mass is 393 g/mol. The maximum atomic E-state index is 12.3. The third kappa shape index (κ3) is 5.43. The third-order valence-electron chi connectivity index (χ3n) is 4.29. The minimum Gasteiger partial charge on any atom is -0.477 e. The van der Waals surface area contributed by atoms with Crippen molar-refractivity contribution in [3.8, 4) is 11.8 Å². The molecule has 1 N–H and O–H groups in total. The summed E-state index contributed by atoms with van der Waals surface area (Å²) in [6, 6.07) is 3.28. The summed E-state index contributed by atoms with van der Waals surface area (Å²) in [5.74, 6) is 5.17. The second kappa shape index (κ2) is 7.95. The molecule has 2 heterocycles. The lowest BCUT2D eigenvalue weighted by atomic mass is 9.97. The smallest absolute Gasteiger partial charge is 0.345 e. The average molecular weight is 394 g/mol. The Balaban J connectivity index is 2.05. The largest absolute Gasteiger partial charge is 0.477 e. The van der Waals surface area contributed by atoms with Crippen LogP contribution in [-0.2, 0) is 9.22 Å². The Hall–Kier alpha value is -1.62. The molecule has 1 aromatic rings. The molecule has 26 heavy (non-hydrogen) atoms. The molecule has 5 nitrogen and oxygen atoms in total. The van der Waals surface area contributed by atoms with Crippen LogP contribution in [0.25, 0.3) is 0 Å². The number of thiophene rings is 1. The first-order chi connectivity index (χ1) is 12.0. The minimum atomic E-state index is -0.945. The molecule has 0 bridgehead atoms. The van der Waals surface area contributed by atoms with E-state index in [4.69, 9.17) is 9.53 Å². The number of amides is 1. The van der Waals surface area contributed by atoms with Gasteiger partial charge in [0, 0.05) is 6.42 Å². The van der Waals surface area contributed by atoms with E-state index >= 15 is 0 Å². The molecule has 1 aromatic heterocycles. The second-order valence-electron chi connectivity index (χ2n) is 8.30. The first-order valence-electron chi connectivity index (χ1n) is 8.75. The molecule has 0 spiro atoms. The van der Waals surface area contributed by atoms with E-state index in [9.17, 15) is 9.59 Å². The normalized spacial score (nSPS) is 18.4. The van der Waals surface area contributed by atoms with Crippen molar-refractivity contribution in [2.45, 2.75) is 64.1 Å². The molecular weight excluding hydrogens is 366 g/mol. The lowest BCUT2D eigenvalue weighted by molar-refractivity contribution is -0.130. The second-order valence-corrected chi connectivity index (χ2v) is 12.1. The van der Waals surface area contributed by atoms with Crippen LogP contribution < -0.4 is 0 Å². The van der Waals surface area contributed by atoms with Crippen LogP contribution in [0.4, 0.5) is 0 Å². The van der Waals surface area contributed by atoms with Gasteiger partial charge in [0.2, 0.25) is 5.91 Å².